The van der Waals surface area contributed by atoms with Crippen LogP contribution in [0.4, 0.5) is 0 Å². The summed E-state index contributed by atoms with van der Waals surface area (Å²) < 4.78 is 0. The highest BCUT2D eigenvalue weighted by molar-refractivity contribution is 5.96. The van der Waals surface area contributed by atoms with Gasteiger partial charge in [0.05, 0.1) is 6.42 Å². The smallest absolute Gasteiger partial charge is 0.305 e. The van der Waals surface area contributed by atoms with Gasteiger partial charge in [-0.05, 0) is 32.9 Å². The van der Waals surface area contributed by atoms with Crippen LogP contribution >= 0.6 is 0 Å². The number of aromatic hydroxyl groups is 1. The summed E-state index contributed by atoms with van der Waals surface area (Å²) >= 11 is 0. The lowest BCUT2D eigenvalue weighted by Gasteiger charge is -2.27. The maximum absolute atomic E-state index is 12.4. The Morgan fingerprint density at radius 1 is 1.32 bits per heavy atom. The van der Waals surface area contributed by atoms with Gasteiger partial charge < -0.3 is 15.1 Å². The maximum atomic E-state index is 12.4. The summed E-state index contributed by atoms with van der Waals surface area (Å²) in [5, 5.41) is 18.3. The molecule has 0 aliphatic rings. The zero-order valence-electron chi connectivity index (χ0n) is 11.4. The molecular formula is C14H19NO4. The van der Waals surface area contributed by atoms with Crippen molar-refractivity contribution < 1.29 is 19.8 Å². The molecule has 0 spiro atoms. The number of phenolic OH excluding ortho intramolecular Hbond substituents is 1. The zero-order valence-corrected chi connectivity index (χ0v) is 11.4. The van der Waals surface area contributed by atoms with Gasteiger partial charge in [0.2, 0.25) is 0 Å². The van der Waals surface area contributed by atoms with E-state index >= 15 is 0 Å². The van der Waals surface area contributed by atoms with Crippen LogP contribution in [-0.4, -0.2) is 39.6 Å². The SMILES string of the molecule is Cc1c(O)cccc1C(=O)N(CCC(=O)O)C(C)C. The van der Waals surface area contributed by atoms with Gasteiger partial charge in [0.1, 0.15) is 5.75 Å². The molecule has 0 aliphatic carbocycles. The van der Waals surface area contributed by atoms with Gasteiger partial charge in [0.15, 0.2) is 0 Å². The van der Waals surface area contributed by atoms with Gasteiger partial charge in [0.25, 0.3) is 5.91 Å². The van der Waals surface area contributed by atoms with Crippen molar-refractivity contribution >= 4 is 11.9 Å². The van der Waals surface area contributed by atoms with E-state index in [1.807, 2.05) is 13.8 Å². The number of carboxylic acid groups (broad SMARTS) is 1. The summed E-state index contributed by atoms with van der Waals surface area (Å²) in [6.45, 7) is 5.48. The first-order valence-electron chi connectivity index (χ1n) is 6.16. The molecule has 1 aromatic carbocycles. The second kappa shape index (κ2) is 6.22. The van der Waals surface area contributed by atoms with Crippen LogP contribution in [-0.2, 0) is 4.79 Å². The van der Waals surface area contributed by atoms with E-state index in [-0.39, 0.29) is 30.7 Å². The van der Waals surface area contributed by atoms with Gasteiger partial charge in [-0.1, -0.05) is 6.07 Å². The summed E-state index contributed by atoms with van der Waals surface area (Å²) in [5.74, 6) is -1.14. The summed E-state index contributed by atoms with van der Waals surface area (Å²) in [4.78, 5) is 24.5. The Balaban J connectivity index is 2.99. The molecule has 0 saturated heterocycles. The highest BCUT2D eigenvalue weighted by atomic mass is 16.4. The molecule has 5 heteroatoms. The molecule has 1 amide bonds. The number of hydrogen-bond donors (Lipinski definition) is 2. The average molecular weight is 265 g/mol. The molecule has 2 N–H and O–H groups in total. The first-order valence-corrected chi connectivity index (χ1v) is 6.16. The Morgan fingerprint density at radius 2 is 1.95 bits per heavy atom. The number of carbonyl (C=O) groups excluding carboxylic acids is 1. The van der Waals surface area contributed by atoms with E-state index in [0.29, 0.717) is 11.1 Å². The minimum Gasteiger partial charge on any atom is -0.508 e. The molecule has 0 radical (unpaired) electrons. The van der Waals surface area contributed by atoms with Crippen molar-refractivity contribution in [1.29, 1.82) is 0 Å². The summed E-state index contributed by atoms with van der Waals surface area (Å²) in [7, 11) is 0. The van der Waals surface area contributed by atoms with Gasteiger partial charge in [-0.2, -0.15) is 0 Å². The molecule has 0 aliphatic heterocycles. The van der Waals surface area contributed by atoms with Crippen LogP contribution in [0.3, 0.4) is 0 Å². The minimum absolute atomic E-state index is 0.0628. The lowest BCUT2D eigenvalue weighted by atomic mass is 10.1. The number of carbonyl (C=O) groups is 2. The summed E-state index contributed by atoms with van der Waals surface area (Å²) in [6, 6.07) is 4.65. The number of nitrogens with zero attached hydrogens (tertiary/aromatic N) is 1. The topological polar surface area (TPSA) is 77.8 Å². The Bertz CT molecular complexity index is 482. The molecule has 104 valence electrons. The Kier molecular flexibility index (Phi) is 4.92. The Labute approximate surface area is 112 Å². The molecule has 1 rings (SSSR count). The van der Waals surface area contributed by atoms with E-state index < -0.39 is 5.97 Å². The first kappa shape index (κ1) is 15.0. The van der Waals surface area contributed by atoms with Crippen molar-refractivity contribution in [2.75, 3.05) is 6.54 Å². The van der Waals surface area contributed by atoms with Crippen LogP contribution in [0.25, 0.3) is 0 Å². The normalized spacial score (nSPS) is 10.5. The predicted molar refractivity (Wildman–Crippen MR) is 71.3 cm³/mol. The Morgan fingerprint density at radius 3 is 2.47 bits per heavy atom. The monoisotopic (exact) mass is 265 g/mol. The number of rotatable bonds is 5. The highest BCUT2D eigenvalue weighted by Crippen LogP contribution is 2.21. The molecule has 19 heavy (non-hydrogen) atoms. The van der Waals surface area contributed by atoms with Crippen molar-refractivity contribution in [3.8, 4) is 5.75 Å². The van der Waals surface area contributed by atoms with Crippen molar-refractivity contribution in [1.82, 2.24) is 4.90 Å². The number of carboxylic acids is 1. The van der Waals surface area contributed by atoms with Crippen molar-refractivity contribution in [3.63, 3.8) is 0 Å². The molecule has 0 fully saturated rings. The van der Waals surface area contributed by atoms with Gasteiger partial charge in [-0.15, -0.1) is 0 Å². The minimum atomic E-state index is -0.939. The van der Waals surface area contributed by atoms with Crippen molar-refractivity contribution in [2.24, 2.45) is 0 Å². The van der Waals surface area contributed by atoms with Crippen molar-refractivity contribution in [3.05, 3.63) is 29.3 Å². The third kappa shape index (κ3) is 3.71. The fraction of sp³-hybridized carbons (Fsp3) is 0.429. The first-order chi connectivity index (χ1) is 8.84. The van der Waals surface area contributed by atoms with Gasteiger partial charge in [-0.25, -0.2) is 0 Å². The lowest BCUT2D eigenvalue weighted by Crippen LogP contribution is -2.38. The third-order valence-corrected chi connectivity index (χ3v) is 2.99. The number of benzene rings is 1. The van der Waals surface area contributed by atoms with Gasteiger partial charge in [-0.3, -0.25) is 9.59 Å². The fourth-order valence-corrected chi connectivity index (χ4v) is 1.82. The Hall–Kier alpha value is -2.04. The molecular weight excluding hydrogens is 246 g/mol. The van der Waals surface area contributed by atoms with Crippen molar-refractivity contribution in [2.45, 2.75) is 33.2 Å². The van der Waals surface area contributed by atoms with Crippen LogP contribution < -0.4 is 0 Å². The van der Waals surface area contributed by atoms with E-state index in [9.17, 15) is 14.7 Å². The van der Waals surface area contributed by atoms with E-state index in [1.54, 1.807) is 19.1 Å². The van der Waals surface area contributed by atoms with Crippen LogP contribution in [0, 0.1) is 6.92 Å². The van der Waals surface area contributed by atoms with Crippen LogP contribution in [0.5, 0.6) is 5.75 Å². The average Bonchev–Trinajstić information content (AvgIpc) is 2.31. The van der Waals surface area contributed by atoms with Crippen LogP contribution in [0.15, 0.2) is 18.2 Å². The molecule has 0 aromatic heterocycles. The van der Waals surface area contributed by atoms with E-state index in [1.165, 1.54) is 11.0 Å². The summed E-state index contributed by atoms with van der Waals surface area (Å²) in [5.41, 5.74) is 0.910. The molecule has 0 saturated carbocycles. The quantitative estimate of drug-likeness (QED) is 0.853. The molecule has 5 nitrogen and oxygen atoms in total. The van der Waals surface area contributed by atoms with Crippen LogP contribution in [0.1, 0.15) is 36.2 Å². The lowest BCUT2D eigenvalue weighted by molar-refractivity contribution is -0.137. The number of aliphatic carboxylic acids is 1. The molecule has 0 bridgehead atoms. The number of hydrogen-bond acceptors (Lipinski definition) is 3. The van der Waals surface area contributed by atoms with Crippen LogP contribution in [0.2, 0.25) is 0 Å². The molecule has 1 aromatic rings. The van der Waals surface area contributed by atoms with E-state index in [0.717, 1.165) is 0 Å². The second-order valence-electron chi connectivity index (χ2n) is 4.69. The molecule has 0 unspecified atom stereocenters. The number of phenols is 1. The van der Waals surface area contributed by atoms with Gasteiger partial charge >= 0.3 is 5.97 Å². The van der Waals surface area contributed by atoms with E-state index in [4.69, 9.17) is 5.11 Å². The summed E-state index contributed by atoms with van der Waals surface area (Å²) in [6.07, 6.45) is -0.0955. The third-order valence-electron chi connectivity index (χ3n) is 2.99. The second-order valence-corrected chi connectivity index (χ2v) is 4.69. The standard InChI is InChI=1S/C14H19NO4/c1-9(2)15(8-7-13(17)18)14(19)11-5-4-6-12(16)10(11)3/h4-6,9,16H,7-8H2,1-3H3,(H,17,18). The van der Waals surface area contributed by atoms with Gasteiger partial charge in [0, 0.05) is 23.7 Å². The molecule has 0 atom stereocenters. The van der Waals surface area contributed by atoms with E-state index in [2.05, 4.69) is 0 Å². The predicted octanol–water partition coefficient (Wildman–Crippen LogP) is 2.03. The number of amides is 1. The zero-order chi connectivity index (χ0) is 14.6. The fourth-order valence-electron chi connectivity index (χ4n) is 1.82. The molecule has 0 heterocycles. The highest BCUT2D eigenvalue weighted by Gasteiger charge is 2.21. The largest absolute Gasteiger partial charge is 0.508 e. The maximum Gasteiger partial charge on any atom is 0.305 e.